The van der Waals surface area contributed by atoms with E-state index in [1.165, 1.54) is 0 Å². The standard InChI is InChI=1S/C13H14N6O/c1-9-7-14-17-11(9)16-12(20)10-8-15-18(2)13(10)19-5-3-4-6-19/h3-8H,1-2H3,(H2,14,16,17,20). The van der Waals surface area contributed by atoms with Crippen LogP contribution in [0, 0.1) is 6.92 Å². The van der Waals surface area contributed by atoms with E-state index in [2.05, 4.69) is 20.6 Å². The van der Waals surface area contributed by atoms with Crippen LogP contribution in [0.15, 0.2) is 36.9 Å². The van der Waals surface area contributed by atoms with Gasteiger partial charge in [0.2, 0.25) is 0 Å². The number of hydrogen-bond donors (Lipinski definition) is 2. The number of nitrogens with one attached hydrogen (secondary N) is 2. The highest BCUT2D eigenvalue weighted by atomic mass is 16.1. The molecule has 20 heavy (non-hydrogen) atoms. The van der Waals surface area contributed by atoms with Crippen LogP contribution >= 0.6 is 0 Å². The molecule has 0 unspecified atom stereocenters. The Morgan fingerprint density at radius 1 is 1.30 bits per heavy atom. The van der Waals surface area contributed by atoms with Crippen LogP contribution in [-0.2, 0) is 7.05 Å². The van der Waals surface area contributed by atoms with Crippen molar-refractivity contribution in [2.24, 2.45) is 7.05 Å². The monoisotopic (exact) mass is 270 g/mol. The number of carbonyl (C=O) groups is 1. The van der Waals surface area contributed by atoms with Crippen LogP contribution in [0.3, 0.4) is 0 Å². The third-order valence-corrected chi connectivity index (χ3v) is 3.07. The number of hydrogen-bond acceptors (Lipinski definition) is 3. The Balaban J connectivity index is 1.95. The summed E-state index contributed by atoms with van der Waals surface area (Å²) in [6.07, 6.45) is 6.95. The second-order valence-corrected chi connectivity index (χ2v) is 4.48. The number of amides is 1. The van der Waals surface area contributed by atoms with Crippen LogP contribution < -0.4 is 5.32 Å². The van der Waals surface area contributed by atoms with Crippen molar-refractivity contribution in [1.29, 1.82) is 0 Å². The Morgan fingerprint density at radius 2 is 2.05 bits per heavy atom. The average Bonchev–Trinajstić information content (AvgIpc) is 3.11. The van der Waals surface area contributed by atoms with Gasteiger partial charge >= 0.3 is 0 Å². The number of aromatic amines is 1. The third kappa shape index (κ3) is 1.99. The van der Waals surface area contributed by atoms with Gasteiger partial charge in [-0.05, 0) is 19.1 Å². The number of carbonyl (C=O) groups excluding carboxylic acids is 1. The molecule has 0 fully saturated rings. The van der Waals surface area contributed by atoms with Crippen molar-refractivity contribution in [2.45, 2.75) is 6.92 Å². The van der Waals surface area contributed by atoms with E-state index in [1.54, 1.807) is 24.1 Å². The van der Waals surface area contributed by atoms with Gasteiger partial charge in [-0.15, -0.1) is 0 Å². The molecule has 3 aromatic rings. The molecule has 0 saturated carbocycles. The number of H-pyrrole nitrogens is 1. The number of nitrogens with zero attached hydrogens (tertiary/aromatic N) is 4. The summed E-state index contributed by atoms with van der Waals surface area (Å²) in [5, 5.41) is 13.6. The van der Waals surface area contributed by atoms with Crippen molar-refractivity contribution >= 4 is 11.7 Å². The Kier molecular flexibility index (Phi) is 2.86. The highest BCUT2D eigenvalue weighted by Gasteiger charge is 2.18. The molecule has 0 radical (unpaired) electrons. The minimum Gasteiger partial charge on any atom is -0.308 e. The normalized spacial score (nSPS) is 10.7. The zero-order valence-electron chi connectivity index (χ0n) is 11.2. The molecule has 7 nitrogen and oxygen atoms in total. The smallest absolute Gasteiger partial charge is 0.262 e. The minimum atomic E-state index is -0.228. The second kappa shape index (κ2) is 4.69. The van der Waals surface area contributed by atoms with Gasteiger partial charge in [0.05, 0.1) is 12.4 Å². The summed E-state index contributed by atoms with van der Waals surface area (Å²) in [6, 6.07) is 3.79. The lowest BCUT2D eigenvalue weighted by Crippen LogP contribution is -2.15. The molecule has 3 rings (SSSR count). The minimum absolute atomic E-state index is 0.228. The van der Waals surface area contributed by atoms with Crippen LogP contribution in [-0.4, -0.2) is 30.5 Å². The predicted molar refractivity (Wildman–Crippen MR) is 73.8 cm³/mol. The average molecular weight is 270 g/mol. The Bertz CT molecular complexity index is 737. The lowest BCUT2D eigenvalue weighted by Gasteiger charge is -2.07. The lowest BCUT2D eigenvalue weighted by atomic mass is 10.3. The van der Waals surface area contributed by atoms with Gasteiger partial charge in [0, 0.05) is 25.0 Å². The fraction of sp³-hybridized carbons (Fsp3) is 0.154. The summed E-state index contributed by atoms with van der Waals surface area (Å²) in [6.45, 7) is 1.87. The fourth-order valence-electron chi connectivity index (χ4n) is 2.03. The molecule has 0 aliphatic carbocycles. The molecule has 0 saturated heterocycles. The molecule has 102 valence electrons. The summed E-state index contributed by atoms with van der Waals surface area (Å²) in [4.78, 5) is 12.4. The third-order valence-electron chi connectivity index (χ3n) is 3.07. The van der Waals surface area contributed by atoms with E-state index >= 15 is 0 Å². The number of aryl methyl sites for hydroxylation is 2. The maximum atomic E-state index is 12.4. The molecule has 2 N–H and O–H groups in total. The summed E-state index contributed by atoms with van der Waals surface area (Å²) < 4.78 is 3.51. The first-order valence-electron chi connectivity index (χ1n) is 6.13. The molecule has 0 atom stereocenters. The topological polar surface area (TPSA) is 80.5 Å². The molecule has 1 amide bonds. The number of rotatable bonds is 3. The van der Waals surface area contributed by atoms with Crippen molar-refractivity contribution in [3.63, 3.8) is 0 Å². The molecule has 0 spiro atoms. The second-order valence-electron chi connectivity index (χ2n) is 4.48. The van der Waals surface area contributed by atoms with Crippen LogP contribution in [0.25, 0.3) is 5.82 Å². The van der Waals surface area contributed by atoms with Crippen molar-refractivity contribution in [3.05, 3.63) is 48.0 Å². The van der Waals surface area contributed by atoms with E-state index in [0.29, 0.717) is 17.2 Å². The molecular weight excluding hydrogens is 256 g/mol. The van der Waals surface area contributed by atoms with Crippen LogP contribution in [0.5, 0.6) is 0 Å². The van der Waals surface area contributed by atoms with Crippen molar-refractivity contribution in [3.8, 4) is 5.82 Å². The molecule has 7 heteroatoms. The van der Waals surface area contributed by atoms with Crippen LogP contribution in [0.4, 0.5) is 5.82 Å². The van der Waals surface area contributed by atoms with E-state index in [9.17, 15) is 4.79 Å². The number of anilines is 1. The molecular formula is C13H14N6O. The summed E-state index contributed by atoms with van der Waals surface area (Å²) in [5.41, 5.74) is 1.38. The quantitative estimate of drug-likeness (QED) is 0.756. The zero-order chi connectivity index (χ0) is 14.1. The Labute approximate surface area is 115 Å². The lowest BCUT2D eigenvalue weighted by molar-refractivity contribution is 0.102. The van der Waals surface area contributed by atoms with E-state index in [-0.39, 0.29) is 5.91 Å². The zero-order valence-corrected chi connectivity index (χ0v) is 11.2. The van der Waals surface area contributed by atoms with Gasteiger partial charge < -0.3 is 9.88 Å². The molecule has 0 aromatic carbocycles. The largest absolute Gasteiger partial charge is 0.308 e. The summed E-state index contributed by atoms with van der Waals surface area (Å²) in [5.74, 6) is 1.08. The number of aromatic nitrogens is 5. The van der Waals surface area contributed by atoms with E-state index < -0.39 is 0 Å². The first-order chi connectivity index (χ1) is 9.66. The maximum Gasteiger partial charge on any atom is 0.262 e. The molecule has 3 aromatic heterocycles. The fourth-order valence-corrected chi connectivity index (χ4v) is 2.03. The molecule has 0 aliphatic rings. The molecule has 0 bridgehead atoms. The highest BCUT2D eigenvalue weighted by Crippen LogP contribution is 2.16. The predicted octanol–water partition coefficient (Wildman–Crippen LogP) is 1.49. The first-order valence-corrected chi connectivity index (χ1v) is 6.13. The van der Waals surface area contributed by atoms with Gasteiger partial charge in [0.1, 0.15) is 17.2 Å². The van der Waals surface area contributed by atoms with Crippen LogP contribution in [0.1, 0.15) is 15.9 Å². The van der Waals surface area contributed by atoms with Gasteiger partial charge in [0.25, 0.3) is 5.91 Å². The van der Waals surface area contributed by atoms with Crippen molar-refractivity contribution in [1.82, 2.24) is 24.5 Å². The van der Waals surface area contributed by atoms with Crippen molar-refractivity contribution in [2.75, 3.05) is 5.32 Å². The summed E-state index contributed by atoms with van der Waals surface area (Å²) in [7, 11) is 1.80. The van der Waals surface area contributed by atoms with Gasteiger partial charge in [-0.2, -0.15) is 10.2 Å². The van der Waals surface area contributed by atoms with Gasteiger partial charge in [-0.1, -0.05) is 0 Å². The summed E-state index contributed by atoms with van der Waals surface area (Å²) >= 11 is 0. The highest BCUT2D eigenvalue weighted by molar-refractivity contribution is 6.06. The van der Waals surface area contributed by atoms with Crippen LogP contribution in [0.2, 0.25) is 0 Å². The van der Waals surface area contributed by atoms with Crippen molar-refractivity contribution < 1.29 is 4.79 Å². The maximum absolute atomic E-state index is 12.4. The Hall–Kier alpha value is -2.83. The van der Waals surface area contributed by atoms with E-state index in [0.717, 1.165) is 5.56 Å². The first kappa shape index (κ1) is 12.2. The van der Waals surface area contributed by atoms with Gasteiger partial charge in [-0.25, -0.2) is 0 Å². The molecule has 3 heterocycles. The van der Waals surface area contributed by atoms with Gasteiger partial charge in [0.15, 0.2) is 0 Å². The Morgan fingerprint density at radius 3 is 2.70 bits per heavy atom. The van der Waals surface area contributed by atoms with E-state index in [4.69, 9.17) is 0 Å². The molecule has 0 aliphatic heterocycles. The van der Waals surface area contributed by atoms with Gasteiger partial charge in [-0.3, -0.25) is 14.6 Å². The SMILES string of the molecule is Cc1cn[nH]c1NC(=O)c1cnn(C)c1-n1cccc1. The van der Waals surface area contributed by atoms with E-state index in [1.807, 2.05) is 36.0 Å².